The first-order chi connectivity index (χ1) is 9.11. The fourth-order valence-corrected chi connectivity index (χ4v) is 1.74. The van der Waals surface area contributed by atoms with Crippen molar-refractivity contribution < 1.29 is 9.13 Å². The number of rotatable bonds is 3. The molecule has 0 aliphatic carbocycles. The topological polar surface area (TPSA) is 45.9 Å². The smallest absolute Gasteiger partial charge is 0.141 e. The molecule has 1 heterocycles. The summed E-state index contributed by atoms with van der Waals surface area (Å²) in [5.41, 5.74) is 0.928. The lowest BCUT2D eigenvalue weighted by Crippen LogP contribution is -2.07. The highest BCUT2D eigenvalue weighted by atomic mass is 19.1. The van der Waals surface area contributed by atoms with Crippen LogP contribution in [0.4, 0.5) is 4.39 Å². The van der Waals surface area contributed by atoms with Crippen molar-refractivity contribution in [2.24, 2.45) is 0 Å². The van der Waals surface area contributed by atoms with E-state index in [2.05, 4.69) is 4.98 Å². The van der Waals surface area contributed by atoms with E-state index in [9.17, 15) is 4.39 Å². The minimum Gasteiger partial charge on any atom is -0.490 e. The van der Waals surface area contributed by atoms with Gasteiger partial charge in [-0.05, 0) is 38.1 Å². The Kier molecular flexibility index (Phi) is 3.76. The van der Waals surface area contributed by atoms with Gasteiger partial charge in [-0.15, -0.1) is 0 Å². The van der Waals surface area contributed by atoms with Gasteiger partial charge in [0.05, 0.1) is 17.4 Å². The number of benzene rings is 1. The Morgan fingerprint density at radius 3 is 2.63 bits per heavy atom. The molecular weight excluding hydrogens is 243 g/mol. The van der Waals surface area contributed by atoms with Crippen LogP contribution in [0.5, 0.6) is 5.75 Å². The number of hydrogen-bond acceptors (Lipinski definition) is 3. The Bertz CT molecular complexity index is 632. The second-order valence-corrected chi connectivity index (χ2v) is 4.30. The summed E-state index contributed by atoms with van der Waals surface area (Å²) in [7, 11) is 0. The van der Waals surface area contributed by atoms with Gasteiger partial charge in [0.25, 0.3) is 0 Å². The normalized spacial score (nSPS) is 10.3. The molecule has 1 aromatic carbocycles. The van der Waals surface area contributed by atoms with E-state index in [1.165, 1.54) is 6.07 Å². The van der Waals surface area contributed by atoms with Crippen molar-refractivity contribution in [3.05, 3.63) is 47.9 Å². The van der Waals surface area contributed by atoms with Gasteiger partial charge in [-0.2, -0.15) is 5.26 Å². The molecule has 0 amide bonds. The van der Waals surface area contributed by atoms with E-state index in [1.54, 1.807) is 30.3 Å². The number of halogens is 1. The third kappa shape index (κ3) is 2.89. The molecule has 0 radical (unpaired) electrons. The third-order valence-corrected chi connectivity index (χ3v) is 2.46. The van der Waals surface area contributed by atoms with Crippen molar-refractivity contribution in [3.8, 4) is 23.1 Å². The Hall–Kier alpha value is -2.41. The Labute approximate surface area is 111 Å². The summed E-state index contributed by atoms with van der Waals surface area (Å²) in [6, 6.07) is 11.5. The van der Waals surface area contributed by atoms with Gasteiger partial charge in [0.2, 0.25) is 0 Å². The number of nitriles is 1. The van der Waals surface area contributed by atoms with Gasteiger partial charge in [0, 0.05) is 0 Å². The van der Waals surface area contributed by atoms with Crippen molar-refractivity contribution in [2.75, 3.05) is 0 Å². The molecule has 0 saturated heterocycles. The van der Waals surface area contributed by atoms with Crippen molar-refractivity contribution in [2.45, 2.75) is 20.0 Å². The lowest BCUT2D eigenvalue weighted by atomic mass is 10.1. The summed E-state index contributed by atoms with van der Waals surface area (Å²) >= 11 is 0. The van der Waals surface area contributed by atoms with Gasteiger partial charge in [-0.25, -0.2) is 9.37 Å². The van der Waals surface area contributed by atoms with Crippen LogP contribution in [0.2, 0.25) is 0 Å². The van der Waals surface area contributed by atoms with E-state index in [0.717, 1.165) is 0 Å². The largest absolute Gasteiger partial charge is 0.490 e. The van der Waals surface area contributed by atoms with E-state index in [1.807, 2.05) is 19.9 Å². The second-order valence-electron chi connectivity index (χ2n) is 4.30. The van der Waals surface area contributed by atoms with E-state index in [4.69, 9.17) is 10.00 Å². The summed E-state index contributed by atoms with van der Waals surface area (Å²) < 4.78 is 19.6. The average Bonchev–Trinajstić information content (AvgIpc) is 2.38. The number of pyridine rings is 1. The molecule has 4 heteroatoms. The zero-order valence-corrected chi connectivity index (χ0v) is 10.7. The van der Waals surface area contributed by atoms with Gasteiger partial charge in [-0.1, -0.05) is 12.1 Å². The SMILES string of the molecule is CC(C)Oc1cccc(F)c1-c1cccc(C#N)n1. The van der Waals surface area contributed by atoms with Crippen LogP contribution < -0.4 is 4.74 Å². The van der Waals surface area contributed by atoms with Crippen LogP contribution in [-0.4, -0.2) is 11.1 Å². The van der Waals surface area contributed by atoms with Crippen LogP contribution in [0.1, 0.15) is 19.5 Å². The maximum Gasteiger partial charge on any atom is 0.141 e. The van der Waals surface area contributed by atoms with Gasteiger partial charge in [0.15, 0.2) is 0 Å². The molecule has 0 aliphatic heterocycles. The average molecular weight is 256 g/mol. The van der Waals surface area contributed by atoms with Crippen LogP contribution in [0.25, 0.3) is 11.3 Å². The molecule has 3 nitrogen and oxygen atoms in total. The maximum atomic E-state index is 14.0. The lowest BCUT2D eigenvalue weighted by Gasteiger charge is -2.14. The van der Waals surface area contributed by atoms with Crippen molar-refractivity contribution in [1.29, 1.82) is 5.26 Å². The molecule has 2 aromatic rings. The van der Waals surface area contributed by atoms with Crippen molar-refractivity contribution >= 4 is 0 Å². The molecule has 2 rings (SSSR count). The molecule has 0 aliphatic rings. The standard InChI is InChI=1S/C15H13FN2O/c1-10(2)19-14-8-4-6-12(16)15(14)13-7-3-5-11(9-17)18-13/h3-8,10H,1-2H3. The highest BCUT2D eigenvalue weighted by Gasteiger charge is 2.14. The molecule has 0 N–H and O–H groups in total. The van der Waals surface area contributed by atoms with Gasteiger partial charge in [0.1, 0.15) is 23.3 Å². The van der Waals surface area contributed by atoms with Gasteiger partial charge in [-0.3, -0.25) is 0 Å². The van der Waals surface area contributed by atoms with Crippen molar-refractivity contribution in [1.82, 2.24) is 4.98 Å². The molecule has 1 aromatic heterocycles. The lowest BCUT2D eigenvalue weighted by molar-refractivity contribution is 0.242. The van der Waals surface area contributed by atoms with Crippen LogP contribution in [-0.2, 0) is 0 Å². The summed E-state index contributed by atoms with van der Waals surface area (Å²) in [5, 5.41) is 8.86. The number of nitrogens with zero attached hydrogens (tertiary/aromatic N) is 2. The molecule has 0 bridgehead atoms. The van der Waals surface area contributed by atoms with Crippen molar-refractivity contribution in [3.63, 3.8) is 0 Å². The monoisotopic (exact) mass is 256 g/mol. The Morgan fingerprint density at radius 2 is 1.95 bits per heavy atom. The maximum absolute atomic E-state index is 14.0. The predicted molar refractivity (Wildman–Crippen MR) is 70.1 cm³/mol. The second kappa shape index (κ2) is 5.49. The molecular formula is C15H13FN2O. The summed E-state index contributed by atoms with van der Waals surface area (Å²) in [4.78, 5) is 4.11. The first-order valence-corrected chi connectivity index (χ1v) is 5.94. The van der Waals surface area contributed by atoms with Crippen LogP contribution in [0.3, 0.4) is 0 Å². The van der Waals surface area contributed by atoms with Crippen LogP contribution >= 0.6 is 0 Å². The summed E-state index contributed by atoms with van der Waals surface area (Å²) in [6.45, 7) is 3.74. The van der Waals surface area contributed by atoms with E-state index in [-0.39, 0.29) is 17.4 Å². The Balaban J connectivity index is 2.57. The molecule has 19 heavy (non-hydrogen) atoms. The first-order valence-electron chi connectivity index (χ1n) is 5.94. The summed E-state index contributed by atoms with van der Waals surface area (Å²) in [5.74, 6) is 0.0123. The van der Waals surface area contributed by atoms with E-state index >= 15 is 0 Å². The molecule has 0 saturated carbocycles. The molecule has 0 atom stereocenters. The molecule has 0 spiro atoms. The number of hydrogen-bond donors (Lipinski definition) is 0. The van der Waals surface area contributed by atoms with Crippen LogP contribution in [0.15, 0.2) is 36.4 Å². The van der Waals surface area contributed by atoms with Gasteiger partial charge < -0.3 is 4.74 Å². The van der Waals surface area contributed by atoms with Gasteiger partial charge >= 0.3 is 0 Å². The Morgan fingerprint density at radius 1 is 1.21 bits per heavy atom. The molecule has 0 fully saturated rings. The highest BCUT2D eigenvalue weighted by molar-refractivity contribution is 5.68. The van der Waals surface area contributed by atoms with E-state index in [0.29, 0.717) is 11.4 Å². The fraction of sp³-hybridized carbons (Fsp3) is 0.200. The minimum atomic E-state index is -0.416. The molecule has 96 valence electrons. The van der Waals surface area contributed by atoms with Crippen LogP contribution in [0, 0.1) is 17.1 Å². The first kappa shape index (κ1) is 13.0. The number of aromatic nitrogens is 1. The fourth-order valence-electron chi connectivity index (χ4n) is 1.74. The quantitative estimate of drug-likeness (QED) is 0.843. The highest BCUT2D eigenvalue weighted by Crippen LogP contribution is 2.32. The molecule has 0 unspecified atom stereocenters. The predicted octanol–water partition coefficient (Wildman–Crippen LogP) is 3.55. The zero-order chi connectivity index (χ0) is 13.8. The van der Waals surface area contributed by atoms with E-state index < -0.39 is 5.82 Å². The summed E-state index contributed by atoms with van der Waals surface area (Å²) in [6.07, 6.45) is -0.0697. The number of ether oxygens (including phenoxy) is 1. The zero-order valence-electron chi connectivity index (χ0n) is 10.7. The minimum absolute atomic E-state index is 0.0697. The third-order valence-electron chi connectivity index (χ3n) is 2.46.